The number of phosphoric acid groups is 1. The standard InChI is InChI=1S/C26H44NO9P/c1-2-3-4-5-6-7-8-9-10-17-33-23-14-11-13-22(20-23)15-16-25(28)34-18-12-19-35-37(31,32)36-21-24(27)26(29)30/h11,13-14,20,24H,2-10,12,15-19,21,27H2,1H3,(H,29,30)(H,31,32)/t24-/m0/s1. The Morgan fingerprint density at radius 3 is 2.30 bits per heavy atom. The summed E-state index contributed by atoms with van der Waals surface area (Å²) < 4.78 is 31.8. The van der Waals surface area contributed by atoms with Gasteiger partial charge in [-0.25, -0.2) is 4.57 Å². The van der Waals surface area contributed by atoms with Gasteiger partial charge in [-0.15, -0.1) is 0 Å². The fourth-order valence-electron chi connectivity index (χ4n) is 3.42. The quantitative estimate of drug-likeness (QED) is 0.0971. The van der Waals surface area contributed by atoms with E-state index in [1.807, 2.05) is 24.3 Å². The number of carbonyl (C=O) groups excluding carboxylic acids is 1. The molecular formula is C26H44NO9P. The smallest absolute Gasteiger partial charge is 0.472 e. The maximum atomic E-state index is 12.0. The van der Waals surface area contributed by atoms with E-state index < -0.39 is 32.4 Å². The number of rotatable bonds is 23. The molecule has 0 amide bonds. The molecular weight excluding hydrogens is 501 g/mol. The Hall–Kier alpha value is -1.97. The predicted molar refractivity (Wildman–Crippen MR) is 140 cm³/mol. The van der Waals surface area contributed by atoms with Crippen LogP contribution in [0.1, 0.15) is 83.1 Å². The first kappa shape index (κ1) is 33.1. The molecule has 0 saturated carbocycles. The van der Waals surface area contributed by atoms with Crippen molar-refractivity contribution in [1.29, 1.82) is 0 Å². The maximum Gasteiger partial charge on any atom is 0.472 e. The molecule has 1 unspecified atom stereocenters. The first-order valence-corrected chi connectivity index (χ1v) is 14.7. The second-order valence-electron chi connectivity index (χ2n) is 8.94. The third-order valence-electron chi connectivity index (χ3n) is 5.57. The molecule has 0 aliphatic heterocycles. The van der Waals surface area contributed by atoms with E-state index in [9.17, 15) is 19.0 Å². The number of aliphatic carboxylic acids is 1. The number of phosphoric ester groups is 1. The topological polar surface area (TPSA) is 155 Å². The van der Waals surface area contributed by atoms with E-state index in [1.165, 1.54) is 51.4 Å². The zero-order valence-electron chi connectivity index (χ0n) is 22.0. The highest BCUT2D eigenvalue weighted by atomic mass is 31.2. The van der Waals surface area contributed by atoms with Crippen LogP contribution in [0.25, 0.3) is 0 Å². The molecule has 0 heterocycles. The summed E-state index contributed by atoms with van der Waals surface area (Å²) >= 11 is 0. The monoisotopic (exact) mass is 545 g/mol. The van der Waals surface area contributed by atoms with Crippen molar-refractivity contribution < 1.29 is 42.7 Å². The van der Waals surface area contributed by atoms with Crippen molar-refractivity contribution in [2.24, 2.45) is 5.73 Å². The van der Waals surface area contributed by atoms with Crippen LogP contribution in [0, 0.1) is 0 Å². The second-order valence-corrected chi connectivity index (χ2v) is 10.4. The summed E-state index contributed by atoms with van der Waals surface area (Å²) in [6.45, 7) is 2.06. The molecule has 37 heavy (non-hydrogen) atoms. The summed E-state index contributed by atoms with van der Waals surface area (Å²) in [5.74, 6) is -0.959. The van der Waals surface area contributed by atoms with Crippen LogP contribution in [0.5, 0.6) is 5.75 Å². The van der Waals surface area contributed by atoms with Crippen LogP contribution in [0.15, 0.2) is 24.3 Å². The van der Waals surface area contributed by atoms with Crippen molar-refractivity contribution in [1.82, 2.24) is 0 Å². The van der Waals surface area contributed by atoms with Gasteiger partial charge in [0.25, 0.3) is 0 Å². The van der Waals surface area contributed by atoms with Crippen LogP contribution in [0.2, 0.25) is 0 Å². The van der Waals surface area contributed by atoms with Crippen molar-refractivity contribution in [3.63, 3.8) is 0 Å². The Balaban J connectivity index is 2.12. The summed E-state index contributed by atoms with van der Waals surface area (Å²) in [5, 5.41) is 8.63. The largest absolute Gasteiger partial charge is 0.494 e. The molecule has 0 aromatic heterocycles. The fourth-order valence-corrected chi connectivity index (χ4v) is 4.20. The summed E-state index contributed by atoms with van der Waals surface area (Å²) in [4.78, 5) is 32.0. The molecule has 11 heteroatoms. The molecule has 0 saturated heterocycles. The van der Waals surface area contributed by atoms with Crippen molar-refractivity contribution in [3.05, 3.63) is 29.8 Å². The number of carboxylic acid groups (broad SMARTS) is 1. The molecule has 0 aliphatic carbocycles. The number of carbonyl (C=O) groups is 2. The van der Waals surface area contributed by atoms with E-state index in [0.717, 1.165) is 17.7 Å². The Morgan fingerprint density at radius 1 is 0.946 bits per heavy atom. The lowest BCUT2D eigenvalue weighted by Crippen LogP contribution is -2.34. The van der Waals surface area contributed by atoms with Crippen LogP contribution < -0.4 is 10.5 Å². The van der Waals surface area contributed by atoms with E-state index in [0.29, 0.717) is 13.0 Å². The van der Waals surface area contributed by atoms with Gasteiger partial charge in [0, 0.05) is 12.8 Å². The Labute approximate surface area is 220 Å². The molecule has 0 bridgehead atoms. The lowest BCUT2D eigenvalue weighted by Gasteiger charge is -2.13. The van der Waals surface area contributed by atoms with Gasteiger partial charge in [0.2, 0.25) is 0 Å². The summed E-state index contributed by atoms with van der Waals surface area (Å²) in [6, 6.07) is 6.25. The molecule has 1 aromatic carbocycles. The van der Waals surface area contributed by atoms with Gasteiger partial charge in [-0.2, -0.15) is 0 Å². The Bertz CT molecular complexity index is 821. The van der Waals surface area contributed by atoms with Gasteiger partial charge in [-0.05, 0) is 30.5 Å². The average Bonchev–Trinajstić information content (AvgIpc) is 2.87. The van der Waals surface area contributed by atoms with Gasteiger partial charge in [-0.1, -0.05) is 70.4 Å². The van der Waals surface area contributed by atoms with E-state index in [1.54, 1.807) is 0 Å². The number of benzene rings is 1. The van der Waals surface area contributed by atoms with Gasteiger partial charge < -0.3 is 25.2 Å². The van der Waals surface area contributed by atoms with Crippen LogP contribution in [-0.4, -0.2) is 54.4 Å². The molecule has 10 nitrogen and oxygen atoms in total. The lowest BCUT2D eigenvalue weighted by atomic mass is 10.1. The molecule has 0 spiro atoms. The summed E-state index contributed by atoms with van der Waals surface area (Å²) in [6.07, 6.45) is 12.3. The number of ether oxygens (including phenoxy) is 2. The van der Waals surface area contributed by atoms with E-state index >= 15 is 0 Å². The van der Waals surface area contributed by atoms with Gasteiger partial charge >= 0.3 is 19.8 Å². The molecule has 0 fully saturated rings. The molecule has 2 atom stereocenters. The summed E-state index contributed by atoms with van der Waals surface area (Å²) in [7, 11) is -4.42. The van der Waals surface area contributed by atoms with Crippen molar-refractivity contribution in [2.45, 2.75) is 90.0 Å². The SMILES string of the molecule is CCCCCCCCCCCOc1cccc(CCC(=O)OCCCOP(=O)(O)OC[C@H](N)C(=O)O)c1. The third kappa shape index (κ3) is 18.0. The second kappa shape index (κ2) is 20.1. The Kier molecular flexibility index (Phi) is 17.9. The van der Waals surface area contributed by atoms with E-state index in [2.05, 4.69) is 11.4 Å². The number of carboxylic acids is 1. The van der Waals surface area contributed by atoms with Crippen molar-refractivity contribution in [3.8, 4) is 5.75 Å². The highest BCUT2D eigenvalue weighted by Gasteiger charge is 2.24. The van der Waals surface area contributed by atoms with Gasteiger partial charge in [0.05, 0.1) is 26.4 Å². The maximum absolute atomic E-state index is 12.0. The van der Waals surface area contributed by atoms with Gasteiger partial charge in [-0.3, -0.25) is 18.6 Å². The van der Waals surface area contributed by atoms with Gasteiger partial charge in [0.1, 0.15) is 11.8 Å². The number of hydrogen-bond donors (Lipinski definition) is 3. The molecule has 1 rings (SSSR count). The predicted octanol–water partition coefficient (Wildman–Crippen LogP) is 5.01. The number of aryl methyl sites for hydroxylation is 1. The first-order valence-electron chi connectivity index (χ1n) is 13.2. The Morgan fingerprint density at radius 2 is 1.62 bits per heavy atom. The molecule has 0 aliphatic rings. The highest BCUT2D eigenvalue weighted by molar-refractivity contribution is 7.47. The number of hydrogen-bond acceptors (Lipinski definition) is 8. The van der Waals surface area contributed by atoms with E-state index in [4.69, 9.17) is 24.8 Å². The lowest BCUT2D eigenvalue weighted by molar-refractivity contribution is -0.143. The number of nitrogens with two attached hydrogens (primary N) is 1. The van der Waals surface area contributed by atoms with Crippen molar-refractivity contribution in [2.75, 3.05) is 26.4 Å². The normalized spacial score (nSPS) is 13.6. The molecule has 4 N–H and O–H groups in total. The first-order chi connectivity index (χ1) is 17.7. The van der Waals surface area contributed by atoms with Gasteiger partial charge in [0.15, 0.2) is 0 Å². The minimum absolute atomic E-state index is 0.00929. The number of esters is 1. The van der Waals surface area contributed by atoms with Crippen LogP contribution in [0.3, 0.4) is 0 Å². The average molecular weight is 546 g/mol. The van der Waals surface area contributed by atoms with Crippen LogP contribution >= 0.6 is 7.82 Å². The van der Waals surface area contributed by atoms with Crippen LogP contribution in [0.4, 0.5) is 0 Å². The number of unbranched alkanes of at least 4 members (excludes halogenated alkanes) is 8. The molecule has 1 aromatic rings. The third-order valence-corrected chi connectivity index (χ3v) is 6.56. The minimum Gasteiger partial charge on any atom is -0.494 e. The summed E-state index contributed by atoms with van der Waals surface area (Å²) in [5.41, 5.74) is 6.17. The molecule has 212 valence electrons. The fraction of sp³-hybridized carbons (Fsp3) is 0.692. The van der Waals surface area contributed by atoms with Crippen LogP contribution in [-0.2, 0) is 34.4 Å². The van der Waals surface area contributed by atoms with E-state index in [-0.39, 0.29) is 26.1 Å². The van der Waals surface area contributed by atoms with Crippen molar-refractivity contribution >= 4 is 19.8 Å². The minimum atomic E-state index is -4.42. The highest BCUT2D eigenvalue weighted by Crippen LogP contribution is 2.43. The molecule has 0 radical (unpaired) electrons. The zero-order chi connectivity index (χ0) is 27.4. The zero-order valence-corrected chi connectivity index (χ0v) is 22.9.